The molecular formula is C11H12Br2O2. The van der Waals surface area contributed by atoms with E-state index < -0.39 is 0 Å². The van der Waals surface area contributed by atoms with Gasteiger partial charge in [0.2, 0.25) is 0 Å². The van der Waals surface area contributed by atoms with E-state index in [0.717, 1.165) is 20.9 Å². The van der Waals surface area contributed by atoms with Gasteiger partial charge in [0, 0.05) is 9.80 Å². The van der Waals surface area contributed by atoms with Gasteiger partial charge < -0.3 is 4.74 Å². The highest BCUT2D eigenvalue weighted by atomic mass is 79.9. The van der Waals surface area contributed by atoms with Crippen molar-refractivity contribution in [2.45, 2.75) is 18.7 Å². The Morgan fingerprint density at radius 2 is 2.00 bits per heavy atom. The van der Waals surface area contributed by atoms with Crippen LogP contribution in [0.1, 0.15) is 18.1 Å². The molecule has 0 bridgehead atoms. The first-order valence-electron chi connectivity index (χ1n) is 4.65. The molecule has 0 heterocycles. The number of hydrogen-bond donors (Lipinski definition) is 0. The normalized spacial score (nSPS) is 10.1. The van der Waals surface area contributed by atoms with E-state index in [0.29, 0.717) is 13.0 Å². The Kier molecular flexibility index (Phi) is 5.32. The van der Waals surface area contributed by atoms with Crippen LogP contribution in [0.5, 0.6) is 0 Å². The summed E-state index contributed by atoms with van der Waals surface area (Å²) in [5.74, 6) is -0.184. The fourth-order valence-electron chi connectivity index (χ4n) is 1.28. The van der Waals surface area contributed by atoms with Crippen molar-refractivity contribution in [3.05, 3.63) is 33.8 Å². The minimum atomic E-state index is -0.184. The number of esters is 1. The van der Waals surface area contributed by atoms with E-state index >= 15 is 0 Å². The van der Waals surface area contributed by atoms with Crippen molar-refractivity contribution in [3.8, 4) is 0 Å². The molecule has 1 rings (SSSR count). The first-order valence-corrected chi connectivity index (χ1v) is 6.57. The van der Waals surface area contributed by atoms with Gasteiger partial charge in [0.05, 0.1) is 13.0 Å². The summed E-state index contributed by atoms with van der Waals surface area (Å²) in [6.07, 6.45) is 0.327. The number of halogens is 2. The summed E-state index contributed by atoms with van der Waals surface area (Å²) in [4.78, 5) is 11.3. The summed E-state index contributed by atoms with van der Waals surface area (Å²) in [5.41, 5.74) is 2.11. The van der Waals surface area contributed by atoms with E-state index in [1.165, 1.54) is 0 Å². The van der Waals surface area contributed by atoms with Gasteiger partial charge in [-0.25, -0.2) is 0 Å². The van der Waals surface area contributed by atoms with Crippen LogP contribution >= 0.6 is 31.9 Å². The number of carbonyl (C=O) groups excluding carboxylic acids is 1. The monoisotopic (exact) mass is 334 g/mol. The standard InChI is InChI=1S/C11H12Br2O2/c1-2-15-11(14)6-8-3-9(7-12)5-10(13)4-8/h3-5H,2,6-7H2,1H3. The molecule has 0 aliphatic carbocycles. The third-order valence-electron chi connectivity index (χ3n) is 1.83. The predicted octanol–water partition coefficient (Wildman–Crippen LogP) is 3.45. The molecule has 2 nitrogen and oxygen atoms in total. The molecule has 0 atom stereocenters. The Morgan fingerprint density at radius 1 is 1.33 bits per heavy atom. The Morgan fingerprint density at radius 3 is 2.60 bits per heavy atom. The van der Waals surface area contributed by atoms with Gasteiger partial charge in [0.15, 0.2) is 0 Å². The van der Waals surface area contributed by atoms with Crippen molar-refractivity contribution < 1.29 is 9.53 Å². The lowest BCUT2D eigenvalue weighted by Gasteiger charge is -2.05. The zero-order valence-corrected chi connectivity index (χ0v) is 11.6. The van der Waals surface area contributed by atoms with Crippen molar-refractivity contribution in [1.29, 1.82) is 0 Å². The minimum absolute atomic E-state index is 0.184. The van der Waals surface area contributed by atoms with E-state index in [-0.39, 0.29) is 5.97 Å². The zero-order valence-electron chi connectivity index (χ0n) is 8.43. The fraction of sp³-hybridized carbons (Fsp3) is 0.364. The van der Waals surface area contributed by atoms with Gasteiger partial charge in [-0.05, 0) is 30.2 Å². The number of hydrogen-bond acceptors (Lipinski definition) is 2. The number of rotatable bonds is 4. The SMILES string of the molecule is CCOC(=O)Cc1cc(Br)cc(CBr)c1. The number of carbonyl (C=O) groups is 1. The molecule has 1 aromatic rings. The second-order valence-electron chi connectivity index (χ2n) is 3.08. The van der Waals surface area contributed by atoms with Crippen molar-refractivity contribution in [2.24, 2.45) is 0 Å². The molecule has 0 fully saturated rings. The maximum Gasteiger partial charge on any atom is 0.310 e. The Bertz CT molecular complexity index is 350. The highest BCUT2D eigenvalue weighted by Crippen LogP contribution is 2.18. The van der Waals surface area contributed by atoms with Gasteiger partial charge in [-0.15, -0.1) is 0 Å². The maximum atomic E-state index is 11.3. The molecular weight excluding hydrogens is 324 g/mol. The number of benzene rings is 1. The van der Waals surface area contributed by atoms with Gasteiger partial charge in [-0.3, -0.25) is 4.79 Å². The molecule has 1 aromatic carbocycles. The maximum absolute atomic E-state index is 11.3. The first-order chi connectivity index (χ1) is 7.15. The van der Waals surface area contributed by atoms with Crippen molar-refractivity contribution >= 4 is 37.8 Å². The van der Waals surface area contributed by atoms with Gasteiger partial charge in [0.25, 0.3) is 0 Å². The third-order valence-corrected chi connectivity index (χ3v) is 2.93. The topological polar surface area (TPSA) is 26.3 Å². The number of alkyl halides is 1. The molecule has 0 N–H and O–H groups in total. The Hall–Kier alpha value is -0.350. The molecule has 0 saturated carbocycles. The van der Waals surface area contributed by atoms with E-state index in [1.807, 2.05) is 25.1 Å². The summed E-state index contributed by atoms with van der Waals surface area (Å²) in [6.45, 7) is 2.24. The lowest BCUT2D eigenvalue weighted by atomic mass is 10.1. The minimum Gasteiger partial charge on any atom is -0.466 e. The molecule has 0 aliphatic heterocycles. The predicted molar refractivity (Wildman–Crippen MR) is 67.1 cm³/mol. The van der Waals surface area contributed by atoms with Gasteiger partial charge in [0.1, 0.15) is 0 Å². The second-order valence-corrected chi connectivity index (χ2v) is 4.56. The van der Waals surface area contributed by atoms with E-state index in [4.69, 9.17) is 4.74 Å². The highest BCUT2D eigenvalue weighted by molar-refractivity contribution is 9.10. The highest BCUT2D eigenvalue weighted by Gasteiger charge is 2.05. The molecule has 82 valence electrons. The summed E-state index contributed by atoms with van der Waals surface area (Å²) in [5, 5.41) is 0.780. The molecule has 15 heavy (non-hydrogen) atoms. The lowest BCUT2D eigenvalue weighted by molar-refractivity contribution is -0.142. The van der Waals surface area contributed by atoms with Crippen molar-refractivity contribution in [1.82, 2.24) is 0 Å². The second kappa shape index (κ2) is 6.28. The van der Waals surface area contributed by atoms with Crippen LogP contribution in [0.2, 0.25) is 0 Å². The molecule has 0 saturated heterocycles. The van der Waals surface area contributed by atoms with Crippen LogP contribution in [0.3, 0.4) is 0 Å². The molecule has 4 heteroatoms. The fourth-order valence-corrected chi connectivity index (χ4v) is 2.19. The van der Waals surface area contributed by atoms with E-state index in [9.17, 15) is 4.79 Å². The van der Waals surface area contributed by atoms with Crippen LogP contribution in [-0.4, -0.2) is 12.6 Å². The van der Waals surface area contributed by atoms with Crippen molar-refractivity contribution in [2.75, 3.05) is 6.61 Å². The van der Waals surface area contributed by atoms with Crippen LogP contribution in [0, 0.1) is 0 Å². The molecule has 0 aromatic heterocycles. The van der Waals surface area contributed by atoms with E-state index in [1.54, 1.807) is 0 Å². The molecule has 0 amide bonds. The summed E-state index contributed by atoms with van der Waals surface area (Å²) in [7, 11) is 0. The molecule has 0 unspecified atom stereocenters. The number of ether oxygens (including phenoxy) is 1. The van der Waals surface area contributed by atoms with Crippen LogP contribution in [0.25, 0.3) is 0 Å². The molecule has 0 aliphatic rings. The van der Waals surface area contributed by atoms with E-state index in [2.05, 4.69) is 31.9 Å². The van der Waals surface area contributed by atoms with Crippen molar-refractivity contribution in [3.63, 3.8) is 0 Å². The largest absolute Gasteiger partial charge is 0.466 e. The summed E-state index contributed by atoms with van der Waals surface area (Å²) >= 11 is 6.80. The summed E-state index contributed by atoms with van der Waals surface area (Å²) < 4.78 is 5.88. The Labute approximate surface area is 106 Å². The molecule has 0 radical (unpaired) electrons. The first kappa shape index (κ1) is 12.7. The van der Waals surface area contributed by atoms with Crippen LogP contribution in [-0.2, 0) is 21.3 Å². The Balaban J connectivity index is 2.76. The summed E-state index contributed by atoms with van der Waals surface area (Å²) in [6, 6.07) is 5.95. The average molecular weight is 336 g/mol. The zero-order chi connectivity index (χ0) is 11.3. The van der Waals surface area contributed by atoms with Gasteiger partial charge >= 0.3 is 5.97 Å². The van der Waals surface area contributed by atoms with Crippen LogP contribution < -0.4 is 0 Å². The smallest absolute Gasteiger partial charge is 0.310 e. The van der Waals surface area contributed by atoms with Crippen LogP contribution in [0.15, 0.2) is 22.7 Å². The van der Waals surface area contributed by atoms with Gasteiger partial charge in [-0.1, -0.05) is 37.9 Å². The lowest BCUT2D eigenvalue weighted by Crippen LogP contribution is -2.07. The quantitative estimate of drug-likeness (QED) is 0.622. The van der Waals surface area contributed by atoms with Gasteiger partial charge in [-0.2, -0.15) is 0 Å². The average Bonchev–Trinajstić information content (AvgIpc) is 2.17. The third kappa shape index (κ3) is 4.34. The van der Waals surface area contributed by atoms with Crippen LogP contribution in [0.4, 0.5) is 0 Å². The molecule has 0 spiro atoms.